The average molecular weight is 1050 g/mol. The minimum absolute atomic E-state index is 0.0546. The molecule has 10 aromatic carbocycles. The maximum Gasteiger partial charge on any atom is 0.252 e. The number of anilines is 7. The molecule has 9 heteroatoms. The van der Waals surface area contributed by atoms with Crippen molar-refractivity contribution in [2.75, 3.05) is 21.7 Å². The Morgan fingerprint density at radius 2 is 0.841 bits per heavy atom. The number of hydrogen-bond acceptors (Lipinski definition) is 8. The summed E-state index contributed by atoms with van der Waals surface area (Å²) in [5.41, 5.74) is 21.4. The predicted molar refractivity (Wildman–Crippen MR) is 340 cm³/mol. The van der Waals surface area contributed by atoms with Gasteiger partial charge in [-0.25, -0.2) is 24.9 Å². The van der Waals surface area contributed by atoms with Gasteiger partial charge in [-0.05, 0) is 113 Å². The van der Waals surface area contributed by atoms with E-state index in [0.717, 1.165) is 90.0 Å². The molecule has 0 unspecified atom stereocenters. The lowest BCUT2D eigenvalue weighted by Gasteiger charge is -2.44. The first-order chi connectivity index (χ1) is 40.5. The first-order valence-electron chi connectivity index (χ1n) is 27.6. The Morgan fingerprint density at radius 3 is 1.48 bits per heavy atom. The fourth-order valence-electron chi connectivity index (χ4n) is 11.7. The summed E-state index contributed by atoms with van der Waals surface area (Å²) in [6.45, 7) is 6.50. The number of allylic oxidation sites excluding steroid dienone is 2. The van der Waals surface area contributed by atoms with E-state index in [-0.39, 0.29) is 6.71 Å². The third-order valence-corrected chi connectivity index (χ3v) is 15.6. The number of nitrogens with zero attached hydrogens (tertiary/aromatic N) is 8. The number of fused-ring (bicyclic) bond motifs is 4. The van der Waals surface area contributed by atoms with E-state index in [9.17, 15) is 0 Å². The Kier molecular flexibility index (Phi) is 12.8. The number of para-hydroxylation sites is 3. The van der Waals surface area contributed by atoms with Crippen molar-refractivity contribution in [3.8, 4) is 79.2 Å². The summed E-state index contributed by atoms with van der Waals surface area (Å²) < 4.78 is 0. The molecule has 12 aromatic rings. The van der Waals surface area contributed by atoms with Crippen LogP contribution in [0.5, 0.6) is 0 Å². The molecule has 4 heterocycles. The predicted octanol–water partition coefficient (Wildman–Crippen LogP) is 15.9. The second-order valence-electron chi connectivity index (χ2n) is 20.5. The molecule has 0 saturated heterocycles. The lowest BCUT2D eigenvalue weighted by molar-refractivity contribution is 1.06. The molecule has 14 rings (SSSR count). The minimum Gasteiger partial charge on any atom is -0.345 e. The molecule has 8 nitrogen and oxygen atoms in total. The largest absolute Gasteiger partial charge is 0.345 e. The monoisotopic (exact) mass is 1050 g/mol. The summed E-state index contributed by atoms with van der Waals surface area (Å²) in [7, 11) is 2.02. The lowest BCUT2D eigenvalue weighted by Crippen LogP contribution is -2.61. The van der Waals surface area contributed by atoms with Crippen molar-refractivity contribution in [3.63, 3.8) is 0 Å². The van der Waals surface area contributed by atoms with Crippen LogP contribution < -0.4 is 31.1 Å². The Bertz CT molecular complexity index is 4360. The van der Waals surface area contributed by atoms with Crippen LogP contribution in [0.3, 0.4) is 0 Å². The highest BCUT2D eigenvalue weighted by molar-refractivity contribution is 7.00. The third kappa shape index (κ3) is 9.00. The zero-order valence-electron chi connectivity index (χ0n) is 45.3. The summed E-state index contributed by atoms with van der Waals surface area (Å²) in [5, 5.41) is 0. The van der Waals surface area contributed by atoms with Gasteiger partial charge in [0.05, 0.1) is 17.1 Å². The number of benzene rings is 10. The zero-order valence-corrected chi connectivity index (χ0v) is 45.3. The van der Waals surface area contributed by atoms with E-state index in [1.807, 2.05) is 105 Å². The highest BCUT2D eigenvalue weighted by Gasteiger charge is 2.42. The molecule has 0 N–H and O–H groups in total. The minimum atomic E-state index is 0.0546. The lowest BCUT2D eigenvalue weighted by atomic mass is 9.33. The summed E-state index contributed by atoms with van der Waals surface area (Å²) in [6.07, 6.45) is 4.00. The van der Waals surface area contributed by atoms with Crippen LogP contribution in [0.25, 0.3) is 79.2 Å². The Balaban J connectivity index is 0.897. The van der Waals surface area contributed by atoms with Crippen LogP contribution in [0.2, 0.25) is 0 Å². The van der Waals surface area contributed by atoms with Crippen molar-refractivity contribution in [2.24, 2.45) is 0 Å². The number of likely N-dealkylation sites (N-methyl/N-ethyl adjacent to an activating group) is 1. The van der Waals surface area contributed by atoms with Crippen molar-refractivity contribution in [2.45, 2.75) is 6.92 Å². The molecule has 0 aliphatic carbocycles. The molecule has 2 aliphatic rings. The van der Waals surface area contributed by atoms with Gasteiger partial charge in [0, 0.05) is 80.2 Å². The van der Waals surface area contributed by atoms with Gasteiger partial charge in [0.1, 0.15) is 0 Å². The van der Waals surface area contributed by atoms with Gasteiger partial charge in [0.2, 0.25) is 0 Å². The second-order valence-corrected chi connectivity index (χ2v) is 20.5. The van der Waals surface area contributed by atoms with Crippen LogP contribution in [0.15, 0.2) is 285 Å². The quantitative estimate of drug-likeness (QED) is 0.0885. The molecule has 0 fully saturated rings. The van der Waals surface area contributed by atoms with Crippen molar-refractivity contribution >= 4 is 62.9 Å². The summed E-state index contributed by atoms with van der Waals surface area (Å²) >= 11 is 0. The Hall–Kier alpha value is -10.8. The normalized spacial score (nSPS) is 12.2. The van der Waals surface area contributed by atoms with Crippen LogP contribution in [-0.2, 0) is 0 Å². The molecule has 82 heavy (non-hydrogen) atoms. The first kappa shape index (κ1) is 49.5. The van der Waals surface area contributed by atoms with Crippen LogP contribution in [0.1, 0.15) is 6.92 Å². The molecule has 0 spiro atoms. The van der Waals surface area contributed by atoms with Crippen LogP contribution in [0, 0.1) is 0 Å². The highest BCUT2D eigenvalue weighted by atomic mass is 15.2. The van der Waals surface area contributed by atoms with Gasteiger partial charge >= 0.3 is 0 Å². The van der Waals surface area contributed by atoms with Crippen molar-refractivity contribution in [1.82, 2.24) is 24.9 Å². The summed E-state index contributed by atoms with van der Waals surface area (Å²) in [6, 6.07) is 91.6. The van der Waals surface area contributed by atoms with E-state index in [0.29, 0.717) is 23.3 Å². The Labute approximate surface area is 478 Å². The van der Waals surface area contributed by atoms with E-state index in [1.165, 1.54) is 27.8 Å². The first-order valence-corrected chi connectivity index (χ1v) is 27.6. The fourth-order valence-corrected chi connectivity index (χ4v) is 11.7. The molecule has 0 radical (unpaired) electrons. The molecule has 0 bridgehead atoms. The maximum absolute atomic E-state index is 5.42. The molecule has 0 atom stereocenters. The van der Waals surface area contributed by atoms with Crippen LogP contribution >= 0.6 is 0 Å². The zero-order chi connectivity index (χ0) is 55.1. The van der Waals surface area contributed by atoms with Gasteiger partial charge < -0.3 is 14.7 Å². The molecular weight excluding hydrogens is 1000 g/mol. The molecule has 0 amide bonds. The molecule has 2 aliphatic heterocycles. The van der Waals surface area contributed by atoms with Crippen molar-refractivity contribution in [1.29, 1.82) is 0 Å². The van der Waals surface area contributed by atoms with E-state index in [4.69, 9.17) is 24.9 Å². The third-order valence-electron chi connectivity index (χ3n) is 15.6. The van der Waals surface area contributed by atoms with E-state index >= 15 is 0 Å². The van der Waals surface area contributed by atoms with Gasteiger partial charge in [0.25, 0.3) is 6.71 Å². The summed E-state index contributed by atoms with van der Waals surface area (Å²) in [5.74, 6) is 2.24. The van der Waals surface area contributed by atoms with Crippen molar-refractivity contribution < 1.29 is 0 Å². The van der Waals surface area contributed by atoms with Gasteiger partial charge in [-0.3, -0.25) is 0 Å². The topological polar surface area (TPSA) is 74.2 Å². The average Bonchev–Trinajstić information content (AvgIpc) is 2.53. The van der Waals surface area contributed by atoms with Crippen LogP contribution in [0.4, 0.5) is 39.8 Å². The maximum atomic E-state index is 5.42. The van der Waals surface area contributed by atoms with E-state index in [1.54, 1.807) is 0 Å². The van der Waals surface area contributed by atoms with Gasteiger partial charge in [-0.1, -0.05) is 201 Å². The number of hydrogen-bond donors (Lipinski definition) is 0. The van der Waals surface area contributed by atoms with E-state index < -0.39 is 0 Å². The van der Waals surface area contributed by atoms with Gasteiger partial charge in [-0.15, -0.1) is 0 Å². The Morgan fingerprint density at radius 1 is 0.390 bits per heavy atom. The molecule has 2 aromatic heterocycles. The van der Waals surface area contributed by atoms with Gasteiger partial charge in [0.15, 0.2) is 23.3 Å². The smallest absolute Gasteiger partial charge is 0.252 e. The molecule has 0 saturated carbocycles. The summed E-state index contributed by atoms with van der Waals surface area (Å²) in [4.78, 5) is 33.3. The number of rotatable bonds is 12. The highest BCUT2D eigenvalue weighted by Crippen LogP contribution is 2.45. The SMILES string of the molecule is C=C(/C=C\C)N(C)c1ccc(-c2cc(-c3ccccc3)nc(-c3ccccc3)n2)cc1-c1nc(-c2ccccc2)nc(-c2cccc(-c3cccc(N4c5ccccc5B5c6ccccc6N(c6ccccc6)c6cccc4c65)c3)c2)n1. The molecular formula is C73H53BN8. The second kappa shape index (κ2) is 21.1. The molecule has 388 valence electrons. The fraction of sp³-hybridized carbons (Fsp3) is 0.0274. The van der Waals surface area contributed by atoms with Crippen LogP contribution in [-0.4, -0.2) is 38.7 Å². The van der Waals surface area contributed by atoms with Gasteiger partial charge in [-0.2, -0.15) is 0 Å². The van der Waals surface area contributed by atoms with Crippen molar-refractivity contribution in [3.05, 3.63) is 285 Å². The van der Waals surface area contributed by atoms with E-state index in [2.05, 4.69) is 203 Å². The number of aromatic nitrogens is 5. The standard InChI is InChI=1S/C73H53BN8/c1-4-24-49(2)80(3)64-44-43-55(63-48-62(50-25-9-5-10-26-50)75-70(76-63)51-27-11-6-12-28-51)47-59(64)73-78-71(52-29-13-7-14-30-52)77-72(79-73)56-33-21-31-53(45-56)54-32-22-36-58(46-54)82-66-40-20-18-38-61(66)74-60-37-17-19-39-65(60)81(57-34-15-8-16-35-57)67-41-23-42-68(82)69(67)74/h4-48H,2H2,1,3H3/b24-4-.